The van der Waals surface area contributed by atoms with Crippen LogP contribution in [0.3, 0.4) is 0 Å². The minimum atomic E-state index is -0.143. The van der Waals surface area contributed by atoms with Gasteiger partial charge in [-0.25, -0.2) is 0 Å². The molecule has 6 aliphatic carbocycles. The fraction of sp³-hybridized carbons (Fsp3) is 0.211. The summed E-state index contributed by atoms with van der Waals surface area (Å²) in [5.74, 6) is 1.66. The molecule has 0 radical (unpaired) electrons. The first-order valence-corrected chi connectivity index (χ1v) is 28.8. The summed E-state index contributed by atoms with van der Waals surface area (Å²) >= 11 is 0. The molecule has 6 bridgehead atoms. The van der Waals surface area contributed by atoms with Crippen molar-refractivity contribution in [3.8, 4) is 55.6 Å². The van der Waals surface area contributed by atoms with Gasteiger partial charge in [-0.15, -0.1) is 0 Å². The highest BCUT2D eigenvalue weighted by molar-refractivity contribution is 5.85. The highest BCUT2D eigenvalue weighted by Crippen LogP contribution is 2.75. The number of hydrogen-bond acceptors (Lipinski definition) is 1. The molecule has 0 aromatic heterocycles. The zero-order valence-corrected chi connectivity index (χ0v) is 43.8. The molecule has 0 N–H and O–H groups in total. The molecule has 3 spiro atoms. The normalized spacial score (nSPS) is 24.8. The summed E-state index contributed by atoms with van der Waals surface area (Å²) < 4.78 is 0. The number of anilines is 3. The predicted molar refractivity (Wildman–Crippen MR) is 319 cm³/mol. The lowest BCUT2D eigenvalue weighted by Gasteiger charge is -2.58. The zero-order valence-electron chi connectivity index (χ0n) is 43.8. The molecular weight excluding hydrogens is 927 g/mol. The van der Waals surface area contributed by atoms with Crippen LogP contribution in [0.2, 0.25) is 0 Å². The second-order valence-electron chi connectivity index (χ2n) is 24.0. The van der Waals surface area contributed by atoms with E-state index < -0.39 is 0 Å². The number of fused-ring (bicyclic) bond motifs is 17. The van der Waals surface area contributed by atoms with E-state index in [1.807, 2.05) is 0 Å². The molecule has 0 aliphatic heterocycles. The third kappa shape index (κ3) is 6.78. The summed E-state index contributed by atoms with van der Waals surface area (Å²) in [6.07, 6.45) is 10.7. The topological polar surface area (TPSA) is 3.24 Å². The summed E-state index contributed by atoms with van der Waals surface area (Å²) in [4.78, 5) is 2.52. The lowest BCUT2D eigenvalue weighted by Crippen LogP contribution is -2.56. The van der Waals surface area contributed by atoms with E-state index in [0.29, 0.717) is 23.7 Å². The van der Waals surface area contributed by atoms with Gasteiger partial charge in [0.25, 0.3) is 0 Å². The summed E-state index contributed by atoms with van der Waals surface area (Å²) in [5, 5.41) is 0. The van der Waals surface area contributed by atoms with Crippen LogP contribution in [0.25, 0.3) is 55.6 Å². The number of para-hydroxylation sites is 1. The maximum absolute atomic E-state index is 2.70. The molecule has 0 amide bonds. The molecule has 10 aromatic carbocycles. The molecular formula is C76H63N. The second kappa shape index (κ2) is 17.5. The maximum atomic E-state index is 2.70. The predicted octanol–water partition coefficient (Wildman–Crippen LogP) is 20.1. The molecule has 0 saturated heterocycles. The number of hydrogen-bond donors (Lipinski definition) is 0. The molecule has 3 fully saturated rings. The van der Waals surface area contributed by atoms with Crippen LogP contribution in [0.4, 0.5) is 17.1 Å². The molecule has 77 heavy (non-hydrogen) atoms. The van der Waals surface area contributed by atoms with E-state index in [2.05, 4.69) is 254 Å². The van der Waals surface area contributed by atoms with E-state index >= 15 is 0 Å². The van der Waals surface area contributed by atoms with Gasteiger partial charge in [-0.3, -0.25) is 0 Å². The van der Waals surface area contributed by atoms with Gasteiger partial charge < -0.3 is 4.90 Å². The fourth-order valence-corrected chi connectivity index (χ4v) is 17.8. The Labute approximate surface area is 455 Å². The van der Waals surface area contributed by atoms with Crippen molar-refractivity contribution >= 4 is 17.1 Å². The largest absolute Gasteiger partial charge is 0.310 e. The molecule has 6 aliphatic rings. The molecule has 7 atom stereocenters. The van der Waals surface area contributed by atoms with Gasteiger partial charge in [-0.05, 0) is 207 Å². The Kier molecular flexibility index (Phi) is 10.3. The third-order valence-electron chi connectivity index (χ3n) is 20.6. The van der Waals surface area contributed by atoms with Crippen molar-refractivity contribution < 1.29 is 0 Å². The Balaban J connectivity index is 0.949. The van der Waals surface area contributed by atoms with Crippen molar-refractivity contribution in [3.05, 3.63) is 282 Å². The Hall–Kier alpha value is -8.00. The van der Waals surface area contributed by atoms with E-state index in [1.54, 1.807) is 33.4 Å². The number of rotatable bonds is 5. The van der Waals surface area contributed by atoms with Crippen LogP contribution in [0, 0.1) is 5.92 Å². The van der Waals surface area contributed by atoms with Crippen LogP contribution in [-0.4, -0.2) is 0 Å². The molecule has 1 nitrogen and oxygen atoms in total. The Morgan fingerprint density at radius 3 is 1.18 bits per heavy atom. The van der Waals surface area contributed by atoms with Crippen LogP contribution < -0.4 is 4.90 Å². The third-order valence-corrected chi connectivity index (χ3v) is 20.6. The first-order chi connectivity index (χ1) is 38.1. The molecule has 3 saturated carbocycles. The van der Waals surface area contributed by atoms with E-state index in [0.717, 1.165) is 18.5 Å². The molecule has 372 valence electrons. The highest BCUT2D eigenvalue weighted by atomic mass is 15.1. The van der Waals surface area contributed by atoms with Gasteiger partial charge >= 0.3 is 0 Å². The minimum Gasteiger partial charge on any atom is -0.310 e. The van der Waals surface area contributed by atoms with Crippen LogP contribution in [0.1, 0.15) is 109 Å². The summed E-state index contributed by atoms with van der Waals surface area (Å²) in [6.45, 7) is 0. The van der Waals surface area contributed by atoms with E-state index in [4.69, 9.17) is 0 Å². The van der Waals surface area contributed by atoms with Crippen molar-refractivity contribution in [2.75, 3.05) is 4.90 Å². The highest BCUT2D eigenvalue weighted by Gasteiger charge is 2.68. The monoisotopic (exact) mass is 989 g/mol. The molecule has 16 rings (SSSR count). The summed E-state index contributed by atoms with van der Waals surface area (Å²) in [6, 6.07) is 96.9. The van der Waals surface area contributed by atoms with Crippen LogP contribution >= 0.6 is 0 Å². The van der Waals surface area contributed by atoms with Gasteiger partial charge in [-0.2, -0.15) is 0 Å². The Morgan fingerprint density at radius 1 is 0.273 bits per heavy atom. The molecule has 1 heteroatoms. The minimum absolute atomic E-state index is 0.0614. The molecule has 0 heterocycles. The second-order valence-corrected chi connectivity index (χ2v) is 24.0. The van der Waals surface area contributed by atoms with Crippen molar-refractivity contribution in [1.29, 1.82) is 0 Å². The van der Waals surface area contributed by atoms with Gasteiger partial charge in [0.15, 0.2) is 0 Å². The number of benzene rings is 10. The lowest BCUT2D eigenvalue weighted by atomic mass is 9.44. The van der Waals surface area contributed by atoms with Crippen molar-refractivity contribution in [2.24, 2.45) is 5.92 Å². The van der Waals surface area contributed by atoms with E-state index in [1.165, 1.54) is 112 Å². The summed E-state index contributed by atoms with van der Waals surface area (Å²) in [7, 11) is 0. The molecule has 10 aromatic rings. The number of nitrogens with zero attached hydrogens (tertiary/aromatic N) is 1. The van der Waals surface area contributed by atoms with Gasteiger partial charge in [0.05, 0.1) is 0 Å². The fourth-order valence-electron chi connectivity index (χ4n) is 17.8. The molecule has 7 unspecified atom stereocenters. The van der Waals surface area contributed by atoms with Gasteiger partial charge in [0.1, 0.15) is 0 Å². The van der Waals surface area contributed by atoms with E-state index in [-0.39, 0.29) is 16.2 Å². The Morgan fingerprint density at radius 2 is 0.636 bits per heavy atom. The van der Waals surface area contributed by atoms with E-state index in [9.17, 15) is 0 Å². The average molecular weight is 990 g/mol. The van der Waals surface area contributed by atoms with Gasteiger partial charge in [0.2, 0.25) is 0 Å². The van der Waals surface area contributed by atoms with Crippen molar-refractivity contribution in [1.82, 2.24) is 0 Å². The maximum Gasteiger partial charge on any atom is 0.0467 e. The van der Waals surface area contributed by atoms with Crippen LogP contribution in [0.5, 0.6) is 0 Å². The van der Waals surface area contributed by atoms with Gasteiger partial charge in [0, 0.05) is 33.3 Å². The lowest BCUT2D eigenvalue weighted by molar-refractivity contribution is 0.0565. The quantitative estimate of drug-likeness (QED) is 0.166. The average Bonchev–Trinajstić information content (AvgIpc) is 4.08. The van der Waals surface area contributed by atoms with Crippen molar-refractivity contribution in [3.63, 3.8) is 0 Å². The smallest absolute Gasteiger partial charge is 0.0467 e. The first kappa shape index (κ1) is 45.2. The Bertz CT molecular complexity index is 3890. The SMILES string of the molecule is c1ccc(-c2ccc(-c3ccc(N(c4ccccc4)c4ccc5c(c4)-c4ccccc4C4CCC56CC5CCC7(CCC8CC(C4)(c4ccccc4-c4ccccc48)C76)c4ccccc4-c4ccccc45)cc3)cc2)cc1. The summed E-state index contributed by atoms with van der Waals surface area (Å²) in [5.41, 5.74) is 26.5. The van der Waals surface area contributed by atoms with Crippen molar-refractivity contribution in [2.45, 2.75) is 91.8 Å². The first-order valence-electron chi connectivity index (χ1n) is 28.8. The standard InChI is InChI=1S/C76H63N/c1-3-17-51(18-4-1)52-31-33-53(34-32-52)54-35-37-59(38-36-54)77(58-19-5-2-6-20-58)60-39-40-72-69(47-60)66-26-12-9-23-63(66)57-43-46-75(72)48-55-41-44-74(70-29-15-13-27-67(70)64-24-10-7-21-61(55)64)45-42-56-49-76(50-57,73(74)75)71-30-16-14-28-68(71)65-25-11-8-22-62(56)65/h1-40,47,55-57,73H,41-46,48-50H2. The van der Waals surface area contributed by atoms with Crippen LogP contribution in [-0.2, 0) is 16.2 Å². The van der Waals surface area contributed by atoms with Gasteiger partial charge in [-0.1, -0.05) is 212 Å². The van der Waals surface area contributed by atoms with Crippen LogP contribution in [0.15, 0.2) is 249 Å². The zero-order chi connectivity index (χ0) is 50.7.